The van der Waals surface area contributed by atoms with Gasteiger partial charge in [0, 0.05) is 58.1 Å². The fraction of sp³-hybridized carbons (Fsp3) is 0.308. The zero-order chi connectivity index (χ0) is 23.0. The van der Waals surface area contributed by atoms with Gasteiger partial charge in [0.25, 0.3) is 0 Å². The van der Waals surface area contributed by atoms with Gasteiger partial charge in [-0.05, 0) is 37.1 Å². The zero-order valence-corrected chi connectivity index (χ0v) is 19.2. The summed E-state index contributed by atoms with van der Waals surface area (Å²) in [6.45, 7) is 12.1. The van der Waals surface area contributed by atoms with E-state index in [0.717, 1.165) is 39.5 Å². The molecule has 6 nitrogen and oxygen atoms in total. The normalized spacial score (nSPS) is 23.2. The van der Waals surface area contributed by atoms with Crippen LogP contribution in [0.2, 0.25) is 0 Å². The number of allylic oxidation sites excluding steroid dienone is 5. The third-order valence-electron chi connectivity index (χ3n) is 7.08. The van der Waals surface area contributed by atoms with Crippen molar-refractivity contribution < 1.29 is 9.90 Å². The quantitative estimate of drug-likeness (QED) is 0.642. The number of nitrogens with one attached hydrogen (secondary N) is 1. The van der Waals surface area contributed by atoms with Crippen molar-refractivity contribution in [2.75, 3.05) is 5.32 Å². The average molecular weight is 427 g/mol. The number of carbonyl (C=O) groups is 1. The van der Waals surface area contributed by atoms with Crippen LogP contribution in [0.5, 0.6) is 0 Å². The number of hydrogen-bond acceptors (Lipinski definition) is 6. The number of anilines is 1. The zero-order valence-electron chi connectivity index (χ0n) is 19.2. The number of nitrogens with zero attached hydrogens (tertiary/aromatic N) is 3. The summed E-state index contributed by atoms with van der Waals surface area (Å²) in [5.74, 6) is -0.110. The van der Waals surface area contributed by atoms with Crippen molar-refractivity contribution >= 4 is 22.9 Å². The first-order valence-electron chi connectivity index (χ1n) is 10.7. The van der Waals surface area contributed by atoms with E-state index >= 15 is 0 Å². The number of carbonyl (C=O) groups excluding carboxylic acids is 1. The molecule has 4 heterocycles. The van der Waals surface area contributed by atoms with Gasteiger partial charge in [-0.1, -0.05) is 27.7 Å². The number of fused-ring (bicyclic) bond motifs is 2. The summed E-state index contributed by atoms with van der Waals surface area (Å²) >= 11 is 0. The Morgan fingerprint density at radius 3 is 2.22 bits per heavy atom. The number of aromatic nitrogens is 2. The Bertz CT molecular complexity index is 1340. The van der Waals surface area contributed by atoms with Crippen molar-refractivity contribution in [1.29, 1.82) is 0 Å². The lowest BCUT2D eigenvalue weighted by Gasteiger charge is -2.30. The van der Waals surface area contributed by atoms with Crippen LogP contribution in [0.3, 0.4) is 0 Å². The summed E-state index contributed by atoms with van der Waals surface area (Å²) in [7, 11) is 0. The minimum Gasteiger partial charge on any atom is -0.506 e. The first-order valence-corrected chi connectivity index (χ1v) is 10.7. The molecule has 1 aliphatic carbocycles. The van der Waals surface area contributed by atoms with Gasteiger partial charge < -0.3 is 10.4 Å². The smallest absolute Gasteiger partial charge is 0.201 e. The summed E-state index contributed by atoms with van der Waals surface area (Å²) in [6.07, 6.45) is 7.13. The molecule has 0 radical (unpaired) electrons. The summed E-state index contributed by atoms with van der Waals surface area (Å²) in [6, 6.07) is 3.80. The first kappa shape index (κ1) is 20.4. The Morgan fingerprint density at radius 1 is 0.938 bits per heavy atom. The molecule has 2 aliphatic heterocycles. The van der Waals surface area contributed by atoms with Crippen LogP contribution in [0.15, 0.2) is 75.7 Å². The standard InChI is InChI=1S/C26H26N4O2/c1-13(23-25(3,4)15-11-27-9-7-17(15)29-23)19-21(31)20(22(19)32)14(2)24-26(5,6)16-12-28-10-8-18(16)30-24/h7-12,29,31H,1-6H3/b20-14-,23-13+. The van der Waals surface area contributed by atoms with Crippen LogP contribution in [0.1, 0.15) is 52.7 Å². The molecule has 0 atom stereocenters. The van der Waals surface area contributed by atoms with E-state index in [-0.39, 0.29) is 17.0 Å². The first-order chi connectivity index (χ1) is 15.1. The van der Waals surface area contributed by atoms with E-state index in [1.165, 1.54) is 0 Å². The number of aliphatic hydroxyl groups is 1. The van der Waals surface area contributed by atoms with Crippen molar-refractivity contribution in [3.63, 3.8) is 0 Å². The number of rotatable bonds is 2. The van der Waals surface area contributed by atoms with E-state index in [0.29, 0.717) is 16.7 Å². The Labute approximate surface area is 187 Å². The third kappa shape index (κ3) is 2.52. The highest BCUT2D eigenvalue weighted by molar-refractivity contribution is 6.27. The molecule has 32 heavy (non-hydrogen) atoms. The molecule has 0 fully saturated rings. The summed E-state index contributed by atoms with van der Waals surface area (Å²) < 4.78 is 0. The highest BCUT2D eigenvalue weighted by Gasteiger charge is 2.44. The number of hydrogen-bond donors (Lipinski definition) is 2. The molecule has 0 saturated heterocycles. The molecule has 2 aromatic heterocycles. The van der Waals surface area contributed by atoms with Gasteiger partial charge in [-0.3, -0.25) is 19.8 Å². The number of aliphatic hydroxyl groups excluding tert-OH is 1. The average Bonchev–Trinajstić information content (AvgIpc) is 3.18. The molecule has 3 aliphatic rings. The van der Waals surface area contributed by atoms with Crippen LogP contribution in [0, 0.1) is 0 Å². The number of ketones is 1. The second-order valence-corrected chi connectivity index (χ2v) is 9.70. The highest BCUT2D eigenvalue weighted by Crippen LogP contribution is 2.48. The molecular formula is C26H26N4O2. The Hall–Kier alpha value is -3.54. The molecule has 5 rings (SSSR count). The second-order valence-electron chi connectivity index (χ2n) is 9.70. The lowest BCUT2D eigenvalue weighted by Crippen LogP contribution is -2.32. The fourth-order valence-electron chi connectivity index (χ4n) is 5.24. The van der Waals surface area contributed by atoms with Gasteiger partial charge >= 0.3 is 0 Å². The molecule has 0 aromatic carbocycles. The maximum atomic E-state index is 13.3. The summed E-state index contributed by atoms with van der Waals surface area (Å²) in [5, 5.41) is 14.5. The lowest BCUT2D eigenvalue weighted by atomic mass is 9.73. The Kier molecular flexibility index (Phi) is 4.13. The predicted molar refractivity (Wildman–Crippen MR) is 125 cm³/mol. The van der Waals surface area contributed by atoms with Crippen molar-refractivity contribution in [1.82, 2.24) is 9.97 Å². The summed E-state index contributed by atoms with van der Waals surface area (Å²) in [5.41, 5.74) is 7.06. The monoisotopic (exact) mass is 426 g/mol. The molecule has 2 N–H and O–H groups in total. The van der Waals surface area contributed by atoms with Crippen molar-refractivity contribution in [3.8, 4) is 0 Å². The molecule has 0 spiro atoms. The van der Waals surface area contributed by atoms with Crippen LogP contribution in [0.4, 0.5) is 11.4 Å². The number of pyridine rings is 2. The topological polar surface area (TPSA) is 87.5 Å². The van der Waals surface area contributed by atoms with Gasteiger partial charge in [0.2, 0.25) is 5.78 Å². The highest BCUT2D eigenvalue weighted by atomic mass is 16.3. The maximum Gasteiger partial charge on any atom is 0.201 e. The molecule has 162 valence electrons. The number of aliphatic imine (C=N–C) groups is 1. The van der Waals surface area contributed by atoms with Gasteiger partial charge in [-0.25, -0.2) is 0 Å². The Balaban J connectivity index is 1.59. The van der Waals surface area contributed by atoms with Gasteiger partial charge in [-0.15, -0.1) is 0 Å². The van der Waals surface area contributed by atoms with Crippen LogP contribution in [-0.4, -0.2) is 26.6 Å². The summed E-state index contributed by atoms with van der Waals surface area (Å²) in [4.78, 5) is 26.6. The minimum absolute atomic E-state index is 0.0387. The SMILES string of the molecule is C/C(C1=Nc2ccncc2C1(C)C)=C1/C(=O)C(C(/C)=C2/Nc3ccncc3C2(C)C)=C1O. The number of Topliss-reactive ketones (excluding diaryl/α,β-unsaturated/α-hetero) is 1. The lowest BCUT2D eigenvalue weighted by molar-refractivity contribution is -0.113. The van der Waals surface area contributed by atoms with Crippen LogP contribution >= 0.6 is 0 Å². The van der Waals surface area contributed by atoms with E-state index in [1.807, 2.05) is 38.4 Å². The molecule has 0 amide bonds. The van der Waals surface area contributed by atoms with Gasteiger partial charge in [0.15, 0.2) is 0 Å². The van der Waals surface area contributed by atoms with E-state index in [2.05, 4.69) is 43.0 Å². The maximum absolute atomic E-state index is 13.3. The van der Waals surface area contributed by atoms with Gasteiger partial charge in [-0.2, -0.15) is 0 Å². The van der Waals surface area contributed by atoms with E-state index < -0.39 is 5.41 Å². The third-order valence-corrected chi connectivity index (χ3v) is 7.08. The second kappa shape index (κ2) is 6.48. The molecule has 2 aromatic rings. The molecule has 0 bridgehead atoms. The predicted octanol–water partition coefficient (Wildman–Crippen LogP) is 5.23. The largest absolute Gasteiger partial charge is 0.506 e. The molecule has 0 unspecified atom stereocenters. The van der Waals surface area contributed by atoms with Crippen molar-refractivity contribution in [2.24, 2.45) is 4.99 Å². The molecule has 6 heteroatoms. The molecule has 0 saturated carbocycles. The molecular weight excluding hydrogens is 400 g/mol. The van der Waals surface area contributed by atoms with E-state index in [1.54, 1.807) is 12.4 Å². The van der Waals surface area contributed by atoms with Crippen LogP contribution in [-0.2, 0) is 15.6 Å². The van der Waals surface area contributed by atoms with Crippen molar-refractivity contribution in [3.05, 3.63) is 81.8 Å². The fourth-order valence-corrected chi connectivity index (χ4v) is 5.24. The minimum atomic E-state index is -0.395. The van der Waals surface area contributed by atoms with Crippen LogP contribution < -0.4 is 5.32 Å². The van der Waals surface area contributed by atoms with E-state index in [4.69, 9.17) is 4.99 Å². The van der Waals surface area contributed by atoms with Gasteiger partial charge in [0.05, 0.1) is 22.5 Å². The van der Waals surface area contributed by atoms with Crippen molar-refractivity contribution in [2.45, 2.75) is 52.4 Å². The Morgan fingerprint density at radius 2 is 1.59 bits per heavy atom. The van der Waals surface area contributed by atoms with Crippen LogP contribution in [0.25, 0.3) is 0 Å². The van der Waals surface area contributed by atoms with Gasteiger partial charge in [0.1, 0.15) is 5.76 Å². The van der Waals surface area contributed by atoms with E-state index in [9.17, 15) is 9.90 Å².